The van der Waals surface area contributed by atoms with Crippen LogP contribution in [0.1, 0.15) is 18.9 Å². The highest BCUT2D eigenvalue weighted by atomic mass is 79.9. The third-order valence-electron chi connectivity index (χ3n) is 3.51. The molecule has 1 fully saturated rings. The van der Waals surface area contributed by atoms with Gasteiger partial charge in [0.25, 0.3) is 0 Å². The number of hydrogen-bond donors (Lipinski definition) is 3. The molecule has 112 valence electrons. The maximum Gasteiger partial charge on any atom is 0.123 e. The van der Waals surface area contributed by atoms with Crippen LogP contribution in [0.5, 0.6) is 5.75 Å². The van der Waals surface area contributed by atoms with Gasteiger partial charge in [-0.25, -0.2) is 0 Å². The minimum Gasteiger partial charge on any atom is -0.493 e. The summed E-state index contributed by atoms with van der Waals surface area (Å²) < 4.78 is 6.82. The Morgan fingerprint density at radius 1 is 1.45 bits per heavy atom. The molecule has 3 N–H and O–H groups in total. The zero-order chi connectivity index (χ0) is 14.4. The molecule has 0 saturated carbocycles. The van der Waals surface area contributed by atoms with E-state index in [1.807, 2.05) is 12.1 Å². The average molecular weight is 343 g/mol. The maximum absolute atomic E-state index is 9.77. The predicted molar refractivity (Wildman–Crippen MR) is 84.0 cm³/mol. The number of aliphatic hydroxyl groups is 1. The van der Waals surface area contributed by atoms with Crippen molar-refractivity contribution in [3.8, 4) is 5.75 Å². The van der Waals surface area contributed by atoms with Gasteiger partial charge >= 0.3 is 0 Å². The zero-order valence-corrected chi connectivity index (χ0v) is 13.4. The van der Waals surface area contributed by atoms with Crippen molar-refractivity contribution < 1.29 is 9.84 Å². The standard InChI is InChI=1S/C15H23BrN2O2/c1-2-5-20-15-4-3-13(16)6-11(15)7-17-8-12-9-18-10-14(12)19/h3-4,6,12,14,17-19H,2,5,7-10H2,1H3. The molecular formula is C15H23BrN2O2. The molecule has 1 aliphatic heterocycles. The highest BCUT2D eigenvalue weighted by Gasteiger charge is 2.24. The fourth-order valence-electron chi connectivity index (χ4n) is 2.36. The number of aliphatic hydroxyl groups excluding tert-OH is 1. The van der Waals surface area contributed by atoms with E-state index >= 15 is 0 Å². The van der Waals surface area contributed by atoms with E-state index in [4.69, 9.17) is 4.74 Å². The van der Waals surface area contributed by atoms with E-state index in [9.17, 15) is 5.11 Å². The van der Waals surface area contributed by atoms with Crippen molar-refractivity contribution in [3.63, 3.8) is 0 Å². The van der Waals surface area contributed by atoms with Crippen LogP contribution in [0, 0.1) is 5.92 Å². The van der Waals surface area contributed by atoms with Crippen LogP contribution in [-0.2, 0) is 6.54 Å². The third kappa shape index (κ3) is 4.45. The summed E-state index contributed by atoms with van der Waals surface area (Å²) in [5, 5.41) is 16.4. The van der Waals surface area contributed by atoms with Gasteiger partial charge in [-0.3, -0.25) is 0 Å². The summed E-state index contributed by atoms with van der Waals surface area (Å²) in [6.45, 7) is 5.99. The number of β-amino-alcohol motifs (C(OH)–C–C–N with tert-alkyl or cyclic N) is 1. The molecule has 2 rings (SSSR count). The SMILES string of the molecule is CCCOc1ccc(Br)cc1CNCC1CNCC1O. The lowest BCUT2D eigenvalue weighted by atomic mass is 10.1. The van der Waals surface area contributed by atoms with Gasteiger partial charge in [0.05, 0.1) is 12.7 Å². The number of halogens is 1. The van der Waals surface area contributed by atoms with Crippen molar-refractivity contribution in [2.75, 3.05) is 26.2 Å². The van der Waals surface area contributed by atoms with Crippen LogP contribution in [0.4, 0.5) is 0 Å². The Morgan fingerprint density at radius 2 is 2.30 bits per heavy atom. The molecule has 0 aromatic heterocycles. The highest BCUT2D eigenvalue weighted by molar-refractivity contribution is 9.10. The largest absolute Gasteiger partial charge is 0.493 e. The van der Waals surface area contributed by atoms with Gasteiger partial charge in [0.1, 0.15) is 5.75 Å². The van der Waals surface area contributed by atoms with E-state index < -0.39 is 0 Å². The van der Waals surface area contributed by atoms with Gasteiger partial charge in [-0.2, -0.15) is 0 Å². The topological polar surface area (TPSA) is 53.5 Å². The van der Waals surface area contributed by atoms with E-state index in [2.05, 4.69) is 39.6 Å². The van der Waals surface area contributed by atoms with E-state index in [1.165, 1.54) is 0 Å². The number of benzene rings is 1. The molecule has 0 spiro atoms. The Kier molecular flexibility index (Phi) is 6.29. The lowest BCUT2D eigenvalue weighted by Crippen LogP contribution is -2.30. The van der Waals surface area contributed by atoms with Gasteiger partial charge in [-0.1, -0.05) is 22.9 Å². The van der Waals surface area contributed by atoms with Crippen LogP contribution in [-0.4, -0.2) is 37.5 Å². The van der Waals surface area contributed by atoms with Gasteiger partial charge in [0.15, 0.2) is 0 Å². The molecule has 1 aromatic rings. The molecule has 0 aliphatic carbocycles. The van der Waals surface area contributed by atoms with Crippen molar-refractivity contribution in [1.82, 2.24) is 10.6 Å². The molecule has 0 bridgehead atoms. The Bertz CT molecular complexity index is 428. The number of hydrogen-bond acceptors (Lipinski definition) is 4. The van der Waals surface area contributed by atoms with Crippen LogP contribution in [0.25, 0.3) is 0 Å². The van der Waals surface area contributed by atoms with Crippen LogP contribution < -0.4 is 15.4 Å². The van der Waals surface area contributed by atoms with Gasteiger partial charge in [-0.15, -0.1) is 0 Å². The molecule has 20 heavy (non-hydrogen) atoms. The van der Waals surface area contributed by atoms with Gasteiger partial charge < -0.3 is 20.5 Å². The first-order chi connectivity index (χ1) is 9.70. The molecule has 1 aliphatic rings. The lowest BCUT2D eigenvalue weighted by Gasteiger charge is -2.16. The first-order valence-corrected chi connectivity index (χ1v) is 8.00. The molecule has 0 amide bonds. The predicted octanol–water partition coefficient (Wildman–Crippen LogP) is 1.91. The zero-order valence-electron chi connectivity index (χ0n) is 11.9. The van der Waals surface area contributed by atoms with Crippen molar-refractivity contribution in [2.45, 2.75) is 26.0 Å². The van der Waals surface area contributed by atoms with Crippen molar-refractivity contribution in [3.05, 3.63) is 28.2 Å². The Hall–Kier alpha value is -0.620. The molecular weight excluding hydrogens is 320 g/mol. The summed E-state index contributed by atoms with van der Waals surface area (Å²) in [4.78, 5) is 0. The fourth-order valence-corrected chi connectivity index (χ4v) is 2.77. The monoisotopic (exact) mass is 342 g/mol. The van der Waals surface area contributed by atoms with E-state index in [0.717, 1.165) is 48.4 Å². The molecule has 1 saturated heterocycles. The van der Waals surface area contributed by atoms with Crippen molar-refractivity contribution >= 4 is 15.9 Å². The summed E-state index contributed by atoms with van der Waals surface area (Å²) in [6.07, 6.45) is 0.767. The Morgan fingerprint density at radius 3 is 3.00 bits per heavy atom. The van der Waals surface area contributed by atoms with Crippen LogP contribution >= 0.6 is 15.9 Å². The highest BCUT2D eigenvalue weighted by Crippen LogP contribution is 2.23. The summed E-state index contributed by atoms with van der Waals surface area (Å²) in [6, 6.07) is 6.09. The minimum atomic E-state index is -0.235. The number of rotatable bonds is 7. The summed E-state index contributed by atoms with van der Waals surface area (Å²) in [5.74, 6) is 1.23. The van der Waals surface area contributed by atoms with Crippen molar-refractivity contribution in [1.29, 1.82) is 0 Å². The first kappa shape index (κ1) is 15.8. The smallest absolute Gasteiger partial charge is 0.123 e. The van der Waals surface area contributed by atoms with Crippen LogP contribution in [0.2, 0.25) is 0 Å². The van der Waals surface area contributed by atoms with Crippen LogP contribution in [0.3, 0.4) is 0 Å². The van der Waals surface area contributed by atoms with Gasteiger partial charge in [0.2, 0.25) is 0 Å². The molecule has 1 heterocycles. The van der Waals surface area contributed by atoms with E-state index in [1.54, 1.807) is 0 Å². The van der Waals surface area contributed by atoms with Crippen molar-refractivity contribution in [2.24, 2.45) is 5.92 Å². The van der Waals surface area contributed by atoms with E-state index in [-0.39, 0.29) is 6.10 Å². The minimum absolute atomic E-state index is 0.235. The van der Waals surface area contributed by atoms with Crippen LogP contribution in [0.15, 0.2) is 22.7 Å². The molecule has 1 aromatic carbocycles. The third-order valence-corrected chi connectivity index (χ3v) is 4.00. The Labute approximate surface area is 129 Å². The molecule has 5 heteroatoms. The average Bonchev–Trinajstić information content (AvgIpc) is 2.84. The lowest BCUT2D eigenvalue weighted by molar-refractivity contribution is 0.146. The molecule has 2 atom stereocenters. The second-order valence-corrected chi connectivity index (χ2v) is 6.13. The normalized spacial score (nSPS) is 22.1. The summed E-state index contributed by atoms with van der Waals surface area (Å²) >= 11 is 3.50. The second kappa shape index (κ2) is 7.98. The van der Waals surface area contributed by atoms with Gasteiger partial charge in [-0.05, 0) is 24.6 Å². The summed E-state index contributed by atoms with van der Waals surface area (Å²) in [7, 11) is 0. The quantitative estimate of drug-likeness (QED) is 0.708. The Balaban J connectivity index is 1.88. The fraction of sp³-hybridized carbons (Fsp3) is 0.600. The summed E-state index contributed by atoms with van der Waals surface area (Å²) in [5.41, 5.74) is 1.15. The van der Waals surface area contributed by atoms with E-state index in [0.29, 0.717) is 12.5 Å². The number of nitrogens with one attached hydrogen (secondary N) is 2. The maximum atomic E-state index is 9.77. The first-order valence-electron chi connectivity index (χ1n) is 7.21. The molecule has 2 unspecified atom stereocenters. The number of ether oxygens (including phenoxy) is 1. The molecule has 4 nitrogen and oxygen atoms in total. The second-order valence-electron chi connectivity index (χ2n) is 5.22. The van der Waals surface area contributed by atoms with Gasteiger partial charge in [0, 0.05) is 42.1 Å². The molecule has 0 radical (unpaired) electrons.